The molecule has 0 saturated carbocycles. The molecule has 0 aliphatic carbocycles. The first kappa shape index (κ1) is 20.3. The van der Waals surface area contributed by atoms with Crippen LogP contribution in [0.25, 0.3) is 0 Å². The number of amides is 1. The number of nitrogens with one attached hydrogen (secondary N) is 3. The molecule has 29 heavy (non-hydrogen) atoms. The van der Waals surface area contributed by atoms with Gasteiger partial charge in [-0.25, -0.2) is 9.97 Å². The number of anilines is 4. The Hall–Kier alpha value is -3.41. The number of rotatable bonds is 8. The first-order valence-corrected chi connectivity index (χ1v) is 9.91. The highest BCUT2D eigenvalue weighted by molar-refractivity contribution is 5.96. The van der Waals surface area contributed by atoms with Crippen molar-refractivity contribution in [1.29, 1.82) is 0 Å². The summed E-state index contributed by atoms with van der Waals surface area (Å²) in [7, 11) is 0. The third-order valence-electron chi connectivity index (χ3n) is 4.55. The molecular formula is C23H27N5O. The average molecular weight is 390 g/mol. The van der Waals surface area contributed by atoms with Crippen molar-refractivity contribution in [3.8, 4) is 0 Å². The molecular weight excluding hydrogens is 362 g/mol. The van der Waals surface area contributed by atoms with Gasteiger partial charge in [0.2, 0.25) is 5.91 Å². The maximum Gasteiger partial charge on any atom is 0.231 e. The predicted octanol–water partition coefficient (Wildman–Crippen LogP) is 5.09. The predicted molar refractivity (Wildman–Crippen MR) is 119 cm³/mol. The SMILES string of the molecule is CCNc1cc(Nc2ccc(NC(=O)C(CC)c3ccccc3)cc2)nc(C)n1. The molecule has 1 heterocycles. The number of hydrogen-bond acceptors (Lipinski definition) is 5. The van der Waals surface area contributed by atoms with Crippen molar-refractivity contribution < 1.29 is 4.79 Å². The van der Waals surface area contributed by atoms with Gasteiger partial charge in [-0.3, -0.25) is 4.79 Å². The van der Waals surface area contributed by atoms with Crippen LogP contribution in [0.1, 0.15) is 37.6 Å². The molecule has 1 unspecified atom stereocenters. The Kier molecular flexibility index (Phi) is 6.79. The van der Waals surface area contributed by atoms with Crippen molar-refractivity contribution in [2.24, 2.45) is 0 Å². The first-order valence-electron chi connectivity index (χ1n) is 9.91. The lowest BCUT2D eigenvalue weighted by Gasteiger charge is -2.16. The Balaban J connectivity index is 1.66. The number of hydrogen-bond donors (Lipinski definition) is 3. The summed E-state index contributed by atoms with van der Waals surface area (Å²) in [6, 6.07) is 19.3. The molecule has 6 nitrogen and oxygen atoms in total. The van der Waals surface area contributed by atoms with Gasteiger partial charge in [-0.15, -0.1) is 0 Å². The van der Waals surface area contributed by atoms with Gasteiger partial charge in [-0.1, -0.05) is 37.3 Å². The fourth-order valence-electron chi connectivity index (χ4n) is 3.18. The van der Waals surface area contributed by atoms with Crippen LogP contribution >= 0.6 is 0 Å². The molecule has 0 spiro atoms. The van der Waals surface area contributed by atoms with Crippen LogP contribution in [0.5, 0.6) is 0 Å². The number of carbonyl (C=O) groups is 1. The van der Waals surface area contributed by atoms with E-state index in [1.165, 1.54) is 0 Å². The van der Waals surface area contributed by atoms with Crippen molar-refractivity contribution >= 4 is 28.9 Å². The maximum absolute atomic E-state index is 12.7. The van der Waals surface area contributed by atoms with Gasteiger partial charge in [0.05, 0.1) is 5.92 Å². The standard InChI is InChI=1S/C23H27N5O/c1-4-20(17-9-7-6-8-10-17)23(29)28-19-13-11-18(12-14-19)27-22-15-21(24-5-2)25-16(3)26-22/h6-15,20H,4-5H2,1-3H3,(H,28,29)(H2,24,25,26,27). The lowest BCUT2D eigenvalue weighted by atomic mass is 9.95. The normalized spacial score (nSPS) is 11.6. The summed E-state index contributed by atoms with van der Waals surface area (Å²) in [5.41, 5.74) is 2.68. The molecule has 1 aromatic heterocycles. The molecule has 6 heteroatoms. The summed E-state index contributed by atoms with van der Waals surface area (Å²) >= 11 is 0. The van der Waals surface area contributed by atoms with Crippen LogP contribution in [0.3, 0.4) is 0 Å². The molecule has 3 rings (SSSR count). The molecule has 0 bridgehead atoms. The van der Waals surface area contributed by atoms with Gasteiger partial charge in [0.15, 0.2) is 0 Å². The highest BCUT2D eigenvalue weighted by atomic mass is 16.1. The minimum absolute atomic E-state index is 0.00103. The third-order valence-corrected chi connectivity index (χ3v) is 4.55. The lowest BCUT2D eigenvalue weighted by Crippen LogP contribution is -2.20. The van der Waals surface area contributed by atoms with Crippen LogP contribution < -0.4 is 16.0 Å². The molecule has 2 aromatic carbocycles. The second kappa shape index (κ2) is 9.68. The van der Waals surface area contributed by atoms with Crippen LogP contribution in [-0.4, -0.2) is 22.4 Å². The van der Waals surface area contributed by atoms with Crippen LogP contribution in [-0.2, 0) is 4.79 Å². The van der Waals surface area contributed by atoms with E-state index in [2.05, 4.69) is 25.9 Å². The van der Waals surface area contributed by atoms with Crippen molar-refractivity contribution in [2.75, 3.05) is 22.5 Å². The van der Waals surface area contributed by atoms with E-state index in [1.54, 1.807) is 0 Å². The Morgan fingerprint density at radius 2 is 1.59 bits per heavy atom. The van der Waals surface area contributed by atoms with Gasteiger partial charge in [-0.05, 0) is 50.1 Å². The highest BCUT2D eigenvalue weighted by Crippen LogP contribution is 2.23. The zero-order chi connectivity index (χ0) is 20.6. The first-order chi connectivity index (χ1) is 14.1. The van der Waals surface area contributed by atoms with Gasteiger partial charge in [0, 0.05) is 24.0 Å². The van der Waals surface area contributed by atoms with Crippen LogP contribution in [0, 0.1) is 6.92 Å². The minimum Gasteiger partial charge on any atom is -0.370 e. The lowest BCUT2D eigenvalue weighted by molar-refractivity contribution is -0.117. The van der Waals surface area contributed by atoms with Gasteiger partial charge in [0.25, 0.3) is 0 Å². The van der Waals surface area contributed by atoms with E-state index in [4.69, 9.17) is 0 Å². The number of nitrogens with zero attached hydrogens (tertiary/aromatic N) is 2. The summed E-state index contributed by atoms with van der Waals surface area (Å²) < 4.78 is 0. The summed E-state index contributed by atoms with van der Waals surface area (Å²) in [6.07, 6.45) is 0.747. The van der Waals surface area contributed by atoms with Gasteiger partial charge in [-0.2, -0.15) is 0 Å². The van der Waals surface area contributed by atoms with Crippen molar-refractivity contribution in [3.63, 3.8) is 0 Å². The molecule has 0 fully saturated rings. The second-order valence-corrected chi connectivity index (χ2v) is 6.78. The monoisotopic (exact) mass is 389 g/mol. The van der Waals surface area contributed by atoms with E-state index in [9.17, 15) is 4.79 Å². The molecule has 0 aliphatic heterocycles. The van der Waals surface area contributed by atoms with E-state index in [-0.39, 0.29) is 11.8 Å². The van der Waals surface area contributed by atoms with Crippen molar-refractivity contribution in [3.05, 3.63) is 72.1 Å². The smallest absolute Gasteiger partial charge is 0.231 e. The van der Waals surface area contributed by atoms with Gasteiger partial charge in [0.1, 0.15) is 17.5 Å². The van der Waals surface area contributed by atoms with E-state index >= 15 is 0 Å². The third kappa shape index (κ3) is 5.54. The molecule has 3 aromatic rings. The number of aromatic nitrogens is 2. The molecule has 1 amide bonds. The topological polar surface area (TPSA) is 78.9 Å². The van der Waals surface area contributed by atoms with Crippen LogP contribution in [0.15, 0.2) is 60.7 Å². The summed E-state index contributed by atoms with van der Waals surface area (Å²) in [5.74, 6) is 2.04. The molecule has 0 saturated heterocycles. The summed E-state index contributed by atoms with van der Waals surface area (Å²) in [6.45, 7) is 6.71. The zero-order valence-corrected chi connectivity index (χ0v) is 17.1. The zero-order valence-electron chi connectivity index (χ0n) is 17.1. The Bertz CT molecular complexity index is 941. The molecule has 0 aliphatic rings. The second-order valence-electron chi connectivity index (χ2n) is 6.78. The van der Waals surface area contributed by atoms with Crippen LogP contribution in [0.4, 0.5) is 23.0 Å². The Morgan fingerprint density at radius 1 is 0.931 bits per heavy atom. The molecule has 150 valence electrons. The average Bonchev–Trinajstić information content (AvgIpc) is 2.71. The highest BCUT2D eigenvalue weighted by Gasteiger charge is 2.18. The van der Waals surface area contributed by atoms with Crippen molar-refractivity contribution in [2.45, 2.75) is 33.1 Å². The maximum atomic E-state index is 12.7. The Morgan fingerprint density at radius 3 is 2.24 bits per heavy atom. The fourth-order valence-corrected chi connectivity index (χ4v) is 3.18. The summed E-state index contributed by atoms with van der Waals surface area (Å²) in [4.78, 5) is 21.5. The van der Waals surface area contributed by atoms with E-state index in [0.717, 1.165) is 41.5 Å². The van der Waals surface area contributed by atoms with E-state index < -0.39 is 0 Å². The van der Waals surface area contributed by atoms with Gasteiger partial charge < -0.3 is 16.0 Å². The van der Waals surface area contributed by atoms with Gasteiger partial charge >= 0.3 is 0 Å². The number of benzene rings is 2. The molecule has 3 N–H and O–H groups in total. The Labute approximate surface area is 171 Å². The number of aryl methyl sites for hydroxylation is 1. The van der Waals surface area contributed by atoms with E-state index in [1.807, 2.05) is 81.4 Å². The van der Waals surface area contributed by atoms with Crippen molar-refractivity contribution in [1.82, 2.24) is 9.97 Å². The molecule has 0 radical (unpaired) electrons. The quantitative estimate of drug-likeness (QED) is 0.500. The summed E-state index contributed by atoms with van der Waals surface area (Å²) in [5, 5.41) is 9.49. The van der Waals surface area contributed by atoms with E-state index in [0.29, 0.717) is 5.82 Å². The fraction of sp³-hybridized carbons (Fsp3) is 0.261. The molecule has 1 atom stereocenters. The largest absolute Gasteiger partial charge is 0.370 e. The minimum atomic E-state index is -0.164. The van der Waals surface area contributed by atoms with Crippen LogP contribution in [0.2, 0.25) is 0 Å². The number of carbonyl (C=O) groups excluding carboxylic acids is 1.